The third-order valence-electron chi connectivity index (χ3n) is 5.22. The Labute approximate surface area is 158 Å². The predicted octanol–water partition coefficient (Wildman–Crippen LogP) is 3.36. The SMILES string of the molecule is CN=C(NCCCCOCc1ccccc1)NCC1(CCOC)CCC1. The van der Waals surface area contributed by atoms with Crippen LogP contribution in [-0.2, 0) is 16.1 Å². The van der Waals surface area contributed by atoms with E-state index in [0.29, 0.717) is 12.0 Å². The Hall–Kier alpha value is -1.59. The molecule has 1 saturated carbocycles. The van der Waals surface area contributed by atoms with Crippen LogP contribution in [0, 0.1) is 5.41 Å². The van der Waals surface area contributed by atoms with Gasteiger partial charge in [-0.3, -0.25) is 4.99 Å². The van der Waals surface area contributed by atoms with Gasteiger partial charge in [-0.25, -0.2) is 0 Å². The van der Waals surface area contributed by atoms with Crippen LogP contribution in [0.5, 0.6) is 0 Å². The lowest BCUT2D eigenvalue weighted by Gasteiger charge is -2.42. The molecule has 1 aliphatic rings. The number of benzene rings is 1. The summed E-state index contributed by atoms with van der Waals surface area (Å²) in [4.78, 5) is 4.34. The zero-order valence-electron chi connectivity index (χ0n) is 16.4. The van der Waals surface area contributed by atoms with E-state index in [1.807, 2.05) is 25.2 Å². The molecule has 2 rings (SSSR count). The van der Waals surface area contributed by atoms with Crippen LogP contribution in [0.25, 0.3) is 0 Å². The fourth-order valence-corrected chi connectivity index (χ4v) is 3.30. The summed E-state index contributed by atoms with van der Waals surface area (Å²) in [5.41, 5.74) is 1.63. The maximum absolute atomic E-state index is 5.72. The molecule has 0 aromatic heterocycles. The van der Waals surface area contributed by atoms with Gasteiger partial charge in [0.05, 0.1) is 6.61 Å². The molecular formula is C21H35N3O2. The van der Waals surface area contributed by atoms with Crippen LogP contribution >= 0.6 is 0 Å². The molecule has 0 unspecified atom stereocenters. The minimum Gasteiger partial charge on any atom is -0.385 e. The van der Waals surface area contributed by atoms with Gasteiger partial charge in [-0.2, -0.15) is 0 Å². The number of rotatable bonds is 12. The fraction of sp³-hybridized carbons (Fsp3) is 0.667. The second-order valence-electron chi connectivity index (χ2n) is 7.19. The van der Waals surface area contributed by atoms with Crippen molar-refractivity contribution in [1.82, 2.24) is 10.6 Å². The smallest absolute Gasteiger partial charge is 0.190 e. The number of guanidine groups is 1. The van der Waals surface area contributed by atoms with E-state index in [1.165, 1.54) is 24.8 Å². The van der Waals surface area contributed by atoms with E-state index in [0.717, 1.165) is 51.5 Å². The van der Waals surface area contributed by atoms with Crippen molar-refractivity contribution in [2.75, 3.05) is 40.5 Å². The molecule has 1 fully saturated rings. The van der Waals surface area contributed by atoms with Gasteiger partial charge in [-0.05, 0) is 43.1 Å². The van der Waals surface area contributed by atoms with Crippen LogP contribution in [0.4, 0.5) is 0 Å². The average Bonchev–Trinajstić information content (AvgIpc) is 2.65. The molecule has 0 atom stereocenters. The standard InChI is InChI=1S/C21H35N3O2/c1-22-20(24-18-21(11-8-12-21)13-16-25-2)23-14-6-7-15-26-17-19-9-4-3-5-10-19/h3-5,9-10H,6-8,11-18H2,1-2H3,(H2,22,23,24). The summed E-state index contributed by atoms with van der Waals surface area (Å²) in [6, 6.07) is 10.3. The van der Waals surface area contributed by atoms with E-state index in [9.17, 15) is 0 Å². The van der Waals surface area contributed by atoms with E-state index in [2.05, 4.69) is 27.8 Å². The molecule has 0 saturated heterocycles. The molecule has 26 heavy (non-hydrogen) atoms. The summed E-state index contributed by atoms with van der Waals surface area (Å²) in [6.07, 6.45) is 7.17. The molecule has 0 amide bonds. The number of nitrogens with zero attached hydrogens (tertiary/aromatic N) is 1. The van der Waals surface area contributed by atoms with E-state index in [1.54, 1.807) is 7.11 Å². The van der Waals surface area contributed by atoms with Gasteiger partial charge in [0, 0.05) is 40.5 Å². The van der Waals surface area contributed by atoms with Crippen molar-refractivity contribution in [3.8, 4) is 0 Å². The molecule has 0 spiro atoms. The van der Waals surface area contributed by atoms with Gasteiger partial charge in [0.25, 0.3) is 0 Å². The third-order valence-corrected chi connectivity index (χ3v) is 5.22. The molecule has 1 aromatic carbocycles. The van der Waals surface area contributed by atoms with Gasteiger partial charge >= 0.3 is 0 Å². The topological polar surface area (TPSA) is 54.9 Å². The van der Waals surface area contributed by atoms with Crippen LogP contribution in [0.2, 0.25) is 0 Å². The van der Waals surface area contributed by atoms with Crippen molar-refractivity contribution in [3.63, 3.8) is 0 Å². The Kier molecular flexibility index (Phi) is 9.50. The lowest BCUT2D eigenvalue weighted by molar-refractivity contribution is 0.0732. The van der Waals surface area contributed by atoms with E-state index in [-0.39, 0.29) is 0 Å². The molecule has 0 bridgehead atoms. The second kappa shape index (κ2) is 11.9. The van der Waals surface area contributed by atoms with Gasteiger partial charge in [-0.15, -0.1) is 0 Å². The van der Waals surface area contributed by atoms with Gasteiger partial charge in [0.1, 0.15) is 0 Å². The van der Waals surface area contributed by atoms with Crippen LogP contribution in [0.15, 0.2) is 35.3 Å². The van der Waals surface area contributed by atoms with E-state index >= 15 is 0 Å². The number of ether oxygens (including phenoxy) is 2. The van der Waals surface area contributed by atoms with Crippen LogP contribution < -0.4 is 10.6 Å². The maximum atomic E-state index is 5.72. The van der Waals surface area contributed by atoms with Crippen molar-refractivity contribution < 1.29 is 9.47 Å². The van der Waals surface area contributed by atoms with Crippen LogP contribution in [0.1, 0.15) is 44.1 Å². The monoisotopic (exact) mass is 361 g/mol. The van der Waals surface area contributed by atoms with Gasteiger partial charge in [0.15, 0.2) is 5.96 Å². The van der Waals surface area contributed by atoms with Crippen LogP contribution in [0.3, 0.4) is 0 Å². The van der Waals surface area contributed by atoms with Crippen molar-refractivity contribution in [1.29, 1.82) is 0 Å². The Morgan fingerprint density at radius 1 is 1.12 bits per heavy atom. The minimum absolute atomic E-state index is 0.402. The first kappa shape index (κ1) is 20.7. The third kappa shape index (κ3) is 7.34. The average molecular weight is 362 g/mol. The van der Waals surface area contributed by atoms with Crippen molar-refractivity contribution >= 4 is 5.96 Å². The fourth-order valence-electron chi connectivity index (χ4n) is 3.30. The Balaban J connectivity index is 1.52. The molecule has 0 heterocycles. The summed E-state index contributed by atoms with van der Waals surface area (Å²) >= 11 is 0. The molecule has 0 aliphatic heterocycles. The van der Waals surface area contributed by atoms with Crippen molar-refractivity contribution in [3.05, 3.63) is 35.9 Å². The van der Waals surface area contributed by atoms with Gasteiger partial charge in [-0.1, -0.05) is 36.8 Å². The molecule has 0 radical (unpaired) electrons. The van der Waals surface area contributed by atoms with E-state index < -0.39 is 0 Å². The summed E-state index contributed by atoms with van der Waals surface area (Å²) < 4.78 is 11.0. The van der Waals surface area contributed by atoms with Crippen molar-refractivity contribution in [2.45, 2.75) is 45.1 Å². The zero-order valence-corrected chi connectivity index (χ0v) is 16.4. The maximum Gasteiger partial charge on any atom is 0.190 e. The number of methoxy groups -OCH3 is 1. The summed E-state index contributed by atoms with van der Waals surface area (Å²) in [5, 5.41) is 6.90. The predicted molar refractivity (Wildman–Crippen MR) is 107 cm³/mol. The normalized spacial score (nSPS) is 16.2. The molecule has 146 valence electrons. The number of hydrogen-bond acceptors (Lipinski definition) is 3. The number of nitrogens with one attached hydrogen (secondary N) is 2. The Bertz CT molecular complexity index is 515. The number of unbranched alkanes of at least 4 members (excludes halogenated alkanes) is 1. The first-order valence-electron chi connectivity index (χ1n) is 9.83. The molecule has 1 aromatic rings. The highest BCUT2D eigenvalue weighted by molar-refractivity contribution is 5.79. The zero-order chi connectivity index (χ0) is 18.5. The highest BCUT2D eigenvalue weighted by Crippen LogP contribution is 2.43. The molecule has 2 N–H and O–H groups in total. The number of hydrogen-bond donors (Lipinski definition) is 2. The summed E-state index contributed by atoms with van der Waals surface area (Å²) in [7, 11) is 3.62. The molecule has 1 aliphatic carbocycles. The lowest BCUT2D eigenvalue weighted by atomic mass is 9.67. The first-order chi connectivity index (χ1) is 12.8. The van der Waals surface area contributed by atoms with Gasteiger partial charge in [0.2, 0.25) is 0 Å². The lowest BCUT2D eigenvalue weighted by Crippen LogP contribution is -2.47. The van der Waals surface area contributed by atoms with Gasteiger partial charge < -0.3 is 20.1 Å². The first-order valence-corrected chi connectivity index (χ1v) is 9.83. The molecule has 5 nitrogen and oxygen atoms in total. The second-order valence-corrected chi connectivity index (χ2v) is 7.19. The summed E-state index contributed by atoms with van der Waals surface area (Å²) in [5.74, 6) is 0.902. The van der Waals surface area contributed by atoms with Crippen molar-refractivity contribution in [2.24, 2.45) is 10.4 Å². The quantitative estimate of drug-likeness (QED) is 0.340. The molecule has 5 heteroatoms. The molecular weight excluding hydrogens is 326 g/mol. The summed E-state index contributed by atoms with van der Waals surface area (Å²) in [6.45, 7) is 4.23. The highest BCUT2D eigenvalue weighted by Gasteiger charge is 2.36. The van der Waals surface area contributed by atoms with Crippen LogP contribution in [-0.4, -0.2) is 46.4 Å². The highest BCUT2D eigenvalue weighted by atomic mass is 16.5. The largest absolute Gasteiger partial charge is 0.385 e. The Morgan fingerprint density at radius 2 is 1.92 bits per heavy atom. The number of aliphatic imine (C=N–C) groups is 1. The Morgan fingerprint density at radius 3 is 2.58 bits per heavy atom. The minimum atomic E-state index is 0.402. The van der Waals surface area contributed by atoms with E-state index in [4.69, 9.17) is 9.47 Å².